The van der Waals surface area contributed by atoms with Crippen molar-refractivity contribution in [3.05, 3.63) is 24.2 Å². The third-order valence-corrected chi connectivity index (χ3v) is 2.05. The summed E-state index contributed by atoms with van der Waals surface area (Å²) in [6, 6.07) is 0.852. The molecule has 2 unspecified atom stereocenters. The summed E-state index contributed by atoms with van der Waals surface area (Å²) in [6.45, 7) is 0. The molecule has 0 aromatic rings. The highest BCUT2D eigenvalue weighted by Gasteiger charge is 2.29. The molecule has 0 saturated heterocycles. The van der Waals surface area contributed by atoms with Gasteiger partial charge in [0.25, 0.3) is 0 Å². The molecule has 0 aromatic carbocycles. The van der Waals surface area contributed by atoms with Crippen molar-refractivity contribution >= 4 is 0 Å². The van der Waals surface area contributed by atoms with E-state index in [2.05, 4.69) is 29.5 Å². The minimum atomic E-state index is 0.407. The van der Waals surface area contributed by atoms with Gasteiger partial charge in [0.1, 0.15) is 0 Å². The Hall–Kier alpha value is -1.12. The largest absolute Gasteiger partial charge is 0.386 e. The molecule has 2 heterocycles. The summed E-state index contributed by atoms with van der Waals surface area (Å²) < 4.78 is 0. The lowest BCUT2D eigenvalue weighted by molar-refractivity contribution is 0.393. The van der Waals surface area contributed by atoms with E-state index >= 15 is 0 Å². The molecule has 3 heteroatoms. The number of hydrogen-bond donors (Lipinski definition) is 2. The molecular formula is C7H11N3. The van der Waals surface area contributed by atoms with Crippen LogP contribution >= 0.6 is 0 Å². The Kier molecular flexibility index (Phi) is 0.952. The number of hydrogen-bond acceptors (Lipinski definition) is 3. The molecule has 0 spiro atoms. The van der Waals surface area contributed by atoms with Gasteiger partial charge in [0, 0.05) is 7.05 Å². The third-order valence-electron chi connectivity index (χ3n) is 2.05. The predicted molar refractivity (Wildman–Crippen MR) is 39.9 cm³/mol. The molecule has 10 heavy (non-hydrogen) atoms. The van der Waals surface area contributed by atoms with E-state index in [9.17, 15) is 0 Å². The predicted octanol–water partition coefficient (Wildman–Crippen LogP) is -0.414. The molecule has 0 amide bonds. The average molecular weight is 137 g/mol. The van der Waals surface area contributed by atoms with Gasteiger partial charge >= 0.3 is 0 Å². The van der Waals surface area contributed by atoms with E-state index in [1.54, 1.807) is 0 Å². The van der Waals surface area contributed by atoms with Gasteiger partial charge in [-0.05, 0) is 18.4 Å². The fourth-order valence-electron chi connectivity index (χ4n) is 1.47. The van der Waals surface area contributed by atoms with Crippen LogP contribution in [-0.4, -0.2) is 24.0 Å². The lowest BCUT2D eigenvalue weighted by atomic mass is 10.2. The molecule has 0 fully saturated rings. The molecule has 0 radical (unpaired) electrons. The maximum atomic E-state index is 5.58. The molecule has 2 atom stereocenters. The first-order valence-corrected chi connectivity index (χ1v) is 3.41. The average Bonchev–Trinajstić information content (AvgIpc) is 2.35. The fourth-order valence-corrected chi connectivity index (χ4v) is 1.47. The Morgan fingerprint density at radius 3 is 3.20 bits per heavy atom. The van der Waals surface area contributed by atoms with E-state index < -0.39 is 0 Å². The van der Waals surface area contributed by atoms with E-state index in [-0.39, 0.29) is 0 Å². The van der Waals surface area contributed by atoms with Crippen LogP contribution in [0, 0.1) is 0 Å². The van der Waals surface area contributed by atoms with Crippen LogP contribution in [-0.2, 0) is 0 Å². The topological polar surface area (TPSA) is 41.3 Å². The zero-order chi connectivity index (χ0) is 7.14. The highest BCUT2D eigenvalue weighted by atomic mass is 15.2. The van der Waals surface area contributed by atoms with E-state index in [1.807, 2.05) is 6.08 Å². The minimum absolute atomic E-state index is 0.407. The van der Waals surface area contributed by atoms with Gasteiger partial charge in [0.15, 0.2) is 0 Å². The van der Waals surface area contributed by atoms with E-state index in [1.165, 1.54) is 0 Å². The number of nitrogens with two attached hydrogens (primary N) is 1. The van der Waals surface area contributed by atoms with Gasteiger partial charge in [0.2, 0.25) is 0 Å². The van der Waals surface area contributed by atoms with Crippen LogP contribution in [0.5, 0.6) is 0 Å². The Morgan fingerprint density at radius 2 is 2.50 bits per heavy atom. The second kappa shape index (κ2) is 1.68. The molecular weight excluding hydrogens is 126 g/mol. The lowest BCUT2D eigenvalue weighted by Crippen LogP contribution is -2.34. The second-order valence-corrected chi connectivity index (χ2v) is 2.79. The van der Waals surface area contributed by atoms with Crippen molar-refractivity contribution in [3.8, 4) is 0 Å². The van der Waals surface area contributed by atoms with Crippen molar-refractivity contribution in [2.45, 2.75) is 12.1 Å². The zero-order valence-corrected chi connectivity index (χ0v) is 5.91. The first-order chi connectivity index (χ1) is 4.77. The van der Waals surface area contributed by atoms with Crippen molar-refractivity contribution < 1.29 is 0 Å². The minimum Gasteiger partial charge on any atom is -0.386 e. The monoisotopic (exact) mass is 137 g/mol. The van der Waals surface area contributed by atoms with Crippen LogP contribution in [0.2, 0.25) is 0 Å². The molecule has 3 nitrogen and oxygen atoms in total. The molecule has 0 aromatic heterocycles. The molecule has 54 valence electrons. The van der Waals surface area contributed by atoms with Crippen molar-refractivity contribution in [3.63, 3.8) is 0 Å². The van der Waals surface area contributed by atoms with E-state index in [0.29, 0.717) is 12.1 Å². The van der Waals surface area contributed by atoms with Crippen LogP contribution in [0.1, 0.15) is 0 Å². The molecule has 2 rings (SSSR count). The summed E-state index contributed by atoms with van der Waals surface area (Å²) in [5.41, 5.74) is 5.58. The van der Waals surface area contributed by atoms with Gasteiger partial charge in [-0.25, -0.2) is 0 Å². The van der Waals surface area contributed by atoms with Crippen LogP contribution in [0.25, 0.3) is 0 Å². The second-order valence-electron chi connectivity index (χ2n) is 2.79. The molecule has 3 N–H and O–H groups in total. The quantitative estimate of drug-likeness (QED) is 0.476. The highest BCUT2D eigenvalue weighted by molar-refractivity contribution is 5.24. The van der Waals surface area contributed by atoms with Crippen molar-refractivity contribution in [1.82, 2.24) is 10.2 Å². The standard InChI is InChI=1S/C7H11N3/c1-10-3-2-5-6(10)4-7(8)9-5/h2-6,9H,8H2,1H3. The normalized spacial score (nSPS) is 35.7. The zero-order valence-electron chi connectivity index (χ0n) is 5.91. The van der Waals surface area contributed by atoms with E-state index in [4.69, 9.17) is 5.73 Å². The lowest BCUT2D eigenvalue weighted by Gasteiger charge is -2.17. The highest BCUT2D eigenvalue weighted by Crippen LogP contribution is 2.19. The van der Waals surface area contributed by atoms with Crippen molar-refractivity contribution in [2.75, 3.05) is 7.05 Å². The number of rotatable bonds is 0. The van der Waals surface area contributed by atoms with Crippen LogP contribution < -0.4 is 11.1 Å². The summed E-state index contributed by atoms with van der Waals surface area (Å²) in [6.07, 6.45) is 6.25. The summed E-state index contributed by atoms with van der Waals surface area (Å²) in [4.78, 5) is 2.15. The Bertz CT molecular complexity index is 207. The van der Waals surface area contributed by atoms with Gasteiger partial charge in [-0.3, -0.25) is 0 Å². The SMILES string of the molecule is CN1C=CC2NC(N)=CC21. The number of fused-ring (bicyclic) bond motifs is 1. The number of nitrogens with zero attached hydrogens (tertiary/aromatic N) is 1. The third kappa shape index (κ3) is 0.602. The first kappa shape index (κ1) is 5.65. The van der Waals surface area contributed by atoms with Gasteiger partial charge in [0.05, 0.1) is 17.9 Å². The van der Waals surface area contributed by atoms with Gasteiger partial charge in [-0.1, -0.05) is 0 Å². The Labute approximate surface area is 60.2 Å². The smallest absolute Gasteiger partial charge is 0.0946 e. The molecule has 0 saturated carbocycles. The molecule has 2 aliphatic heterocycles. The Morgan fingerprint density at radius 1 is 1.70 bits per heavy atom. The molecule has 0 bridgehead atoms. The Balaban J connectivity index is 2.21. The fraction of sp³-hybridized carbons (Fsp3) is 0.429. The van der Waals surface area contributed by atoms with Gasteiger partial charge in [-0.2, -0.15) is 0 Å². The summed E-state index contributed by atoms with van der Waals surface area (Å²) in [5, 5.41) is 3.16. The molecule has 2 aliphatic rings. The van der Waals surface area contributed by atoms with Gasteiger partial charge < -0.3 is 16.0 Å². The number of likely N-dealkylation sites (N-methyl/N-ethyl adjacent to an activating group) is 1. The van der Waals surface area contributed by atoms with Crippen LogP contribution in [0.15, 0.2) is 24.2 Å². The molecule has 0 aliphatic carbocycles. The van der Waals surface area contributed by atoms with Crippen LogP contribution in [0.4, 0.5) is 0 Å². The summed E-state index contributed by atoms with van der Waals surface area (Å²) in [5.74, 6) is 0.797. The van der Waals surface area contributed by atoms with Crippen molar-refractivity contribution in [1.29, 1.82) is 0 Å². The summed E-state index contributed by atoms with van der Waals surface area (Å²) >= 11 is 0. The van der Waals surface area contributed by atoms with Crippen molar-refractivity contribution in [2.24, 2.45) is 5.73 Å². The first-order valence-electron chi connectivity index (χ1n) is 3.41. The maximum absolute atomic E-state index is 5.58. The van der Waals surface area contributed by atoms with Gasteiger partial charge in [-0.15, -0.1) is 0 Å². The summed E-state index contributed by atoms with van der Waals surface area (Å²) in [7, 11) is 2.05. The number of nitrogens with one attached hydrogen (secondary N) is 1. The van der Waals surface area contributed by atoms with Crippen LogP contribution in [0.3, 0.4) is 0 Å². The van der Waals surface area contributed by atoms with E-state index in [0.717, 1.165) is 5.82 Å². The maximum Gasteiger partial charge on any atom is 0.0946 e.